The molecule has 42 heavy (non-hydrogen) atoms. The molecular formula is C29H62NO10P2+. The Bertz CT molecular complexity index is 763. The molecule has 0 aromatic heterocycles. The summed E-state index contributed by atoms with van der Waals surface area (Å²) in [6, 6.07) is 0. The van der Waals surface area contributed by atoms with Gasteiger partial charge in [-0.1, -0.05) is 84.0 Å². The number of nitrogens with zero attached hydrogens (tertiary/aromatic N) is 1. The highest BCUT2D eigenvalue weighted by Crippen LogP contribution is 2.47. The van der Waals surface area contributed by atoms with Crippen LogP contribution >= 0.6 is 15.4 Å². The molecule has 0 radical (unpaired) electrons. The first kappa shape index (κ1) is 41.7. The molecule has 0 saturated carbocycles. The molecule has 252 valence electrons. The molecule has 0 fully saturated rings. The molecule has 0 spiro atoms. The predicted octanol–water partition coefficient (Wildman–Crippen LogP) is 6.85. The summed E-state index contributed by atoms with van der Waals surface area (Å²) >= 11 is 0. The van der Waals surface area contributed by atoms with Crippen molar-refractivity contribution in [3.8, 4) is 0 Å². The summed E-state index contributed by atoms with van der Waals surface area (Å²) < 4.78 is 51.7. The van der Waals surface area contributed by atoms with Crippen LogP contribution in [0.25, 0.3) is 0 Å². The maximum absolute atomic E-state index is 12.8. The average Bonchev–Trinajstić information content (AvgIpc) is 2.90. The van der Waals surface area contributed by atoms with E-state index in [9.17, 15) is 23.7 Å². The fourth-order valence-corrected chi connectivity index (χ4v) is 6.22. The van der Waals surface area contributed by atoms with E-state index >= 15 is 0 Å². The fraction of sp³-hybridized carbons (Fsp3) is 0.966. The molecule has 0 amide bonds. The first-order chi connectivity index (χ1) is 19.8. The number of esters is 1. The number of phosphoric acid groups is 1. The van der Waals surface area contributed by atoms with Gasteiger partial charge >= 0.3 is 21.4 Å². The molecule has 0 aromatic rings. The van der Waals surface area contributed by atoms with E-state index in [1.54, 1.807) is 0 Å². The van der Waals surface area contributed by atoms with Crippen LogP contribution in [-0.4, -0.2) is 93.7 Å². The number of carbonyl (C=O) groups excluding carboxylic acids is 1. The summed E-state index contributed by atoms with van der Waals surface area (Å²) in [7, 11) is -1.07. The van der Waals surface area contributed by atoms with E-state index in [1.807, 2.05) is 21.1 Å². The number of quaternary nitrogens is 1. The molecule has 11 nitrogen and oxygen atoms in total. The zero-order chi connectivity index (χ0) is 31.7. The lowest BCUT2D eigenvalue weighted by Crippen LogP contribution is -2.37. The van der Waals surface area contributed by atoms with E-state index in [1.165, 1.54) is 32.8 Å². The maximum atomic E-state index is 12.8. The number of hydrogen-bond donors (Lipinski definition) is 2. The van der Waals surface area contributed by atoms with Gasteiger partial charge in [0.15, 0.2) is 0 Å². The third kappa shape index (κ3) is 28.4. The van der Waals surface area contributed by atoms with E-state index < -0.39 is 28.1 Å². The van der Waals surface area contributed by atoms with E-state index in [4.69, 9.17) is 18.3 Å². The predicted molar refractivity (Wildman–Crippen MR) is 167 cm³/mol. The van der Waals surface area contributed by atoms with Gasteiger partial charge in [0.05, 0.1) is 41.5 Å². The molecule has 0 saturated heterocycles. The molecule has 3 unspecified atom stereocenters. The van der Waals surface area contributed by atoms with E-state index in [-0.39, 0.29) is 25.3 Å². The van der Waals surface area contributed by atoms with Gasteiger partial charge in [-0.25, -0.2) is 4.57 Å². The highest BCUT2D eigenvalue weighted by molar-refractivity contribution is 7.52. The van der Waals surface area contributed by atoms with E-state index in [2.05, 4.69) is 11.7 Å². The Morgan fingerprint density at radius 1 is 0.738 bits per heavy atom. The van der Waals surface area contributed by atoms with Gasteiger partial charge in [-0.05, 0) is 19.3 Å². The van der Waals surface area contributed by atoms with Crippen molar-refractivity contribution in [2.75, 3.05) is 67.4 Å². The minimum Gasteiger partial charge on any atom is -0.469 e. The Balaban J connectivity index is 4.53. The maximum Gasteiger partial charge on any atom is 0.472 e. The Labute approximate surface area is 255 Å². The quantitative estimate of drug-likeness (QED) is 0.0369. The third-order valence-corrected chi connectivity index (χ3v) is 9.24. The molecule has 2 N–H and O–H groups in total. The van der Waals surface area contributed by atoms with Gasteiger partial charge in [-0.3, -0.25) is 18.4 Å². The van der Waals surface area contributed by atoms with Gasteiger partial charge in [-0.2, -0.15) is 0 Å². The summed E-state index contributed by atoms with van der Waals surface area (Å²) in [5.74, 6) is -0.167. The van der Waals surface area contributed by atoms with Crippen LogP contribution in [0.1, 0.15) is 110 Å². The summed E-state index contributed by atoms with van der Waals surface area (Å²) in [6.07, 6.45) is 14.8. The van der Waals surface area contributed by atoms with Crippen LogP contribution in [0.15, 0.2) is 0 Å². The Morgan fingerprint density at radius 3 is 1.86 bits per heavy atom. The van der Waals surface area contributed by atoms with Gasteiger partial charge < -0.3 is 28.3 Å². The Morgan fingerprint density at radius 2 is 1.29 bits per heavy atom. The van der Waals surface area contributed by atoms with Crippen molar-refractivity contribution < 1.29 is 51.2 Å². The highest BCUT2D eigenvalue weighted by Gasteiger charge is 2.29. The van der Waals surface area contributed by atoms with Crippen molar-refractivity contribution in [3.05, 3.63) is 0 Å². The molecule has 3 atom stereocenters. The van der Waals surface area contributed by atoms with Crippen molar-refractivity contribution in [1.82, 2.24) is 0 Å². The zero-order valence-corrected chi connectivity index (χ0v) is 28.9. The van der Waals surface area contributed by atoms with Crippen LogP contribution < -0.4 is 0 Å². The van der Waals surface area contributed by atoms with Crippen LogP contribution in [0.4, 0.5) is 0 Å². The number of unbranched alkanes of at least 4 members (excludes halogenated alkanes) is 13. The topological polar surface area (TPSA) is 138 Å². The van der Waals surface area contributed by atoms with Gasteiger partial charge in [0.2, 0.25) is 0 Å². The van der Waals surface area contributed by atoms with Gasteiger partial charge in [-0.15, -0.1) is 0 Å². The number of methoxy groups -OCH3 is 1. The van der Waals surface area contributed by atoms with Crippen LogP contribution in [0.5, 0.6) is 0 Å². The van der Waals surface area contributed by atoms with Crippen LogP contribution in [-0.2, 0) is 37.0 Å². The smallest absolute Gasteiger partial charge is 0.469 e. The molecule has 0 aliphatic carbocycles. The van der Waals surface area contributed by atoms with Crippen molar-refractivity contribution in [3.63, 3.8) is 0 Å². The average molecular weight is 647 g/mol. The standard InChI is InChI=1S/C29H61NO10P2/c1-6-7-8-9-10-14-17-20-25-41(32,33)40-28(27-39-42(34,35)38-24-22-30(2,3)4)26-37-23-19-16-13-11-12-15-18-21-29(31)36-5/h28H,6-27H2,1-5H3,(H-,32,33,34,35)/p+1. The van der Waals surface area contributed by atoms with Crippen LogP contribution in [0, 0.1) is 0 Å². The van der Waals surface area contributed by atoms with E-state index in [0.717, 1.165) is 64.2 Å². The molecule has 0 rings (SSSR count). The molecular weight excluding hydrogens is 584 g/mol. The number of likely N-dealkylation sites (N-methyl/N-ethyl adjacent to an activating group) is 1. The van der Waals surface area contributed by atoms with Crippen molar-refractivity contribution in [1.29, 1.82) is 0 Å². The normalized spacial score (nSPS) is 15.7. The van der Waals surface area contributed by atoms with Gasteiger partial charge in [0.1, 0.15) is 19.3 Å². The molecule has 0 bridgehead atoms. The Hall–Kier alpha value is -0.350. The second-order valence-corrected chi connectivity index (χ2v) is 15.4. The van der Waals surface area contributed by atoms with Crippen LogP contribution in [0.2, 0.25) is 0 Å². The molecule has 13 heteroatoms. The van der Waals surface area contributed by atoms with Gasteiger partial charge in [0.25, 0.3) is 0 Å². The molecule has 0 heterocycles. The van der Waals surface area contributed by atoms with Gasteiger partial charge in [0, 0.05) is 19.2 Å². The lowest BCUT2D eigenvalue weighted by atomic mass is 10.1. The first-order valence-electron chi connectivity index (χ1n) is 15.9. The number of ether oxygens (including phenoxy) is 2. The highest BCUT2D eigenvalue weighted by atomic mass is 31.2. The monoisotopic (exact) mass is 646 g/mol. The molecule has 0 aliphatic rings. The number of phosphoric ester groups is 1. The van der Waals surface area contributed by atoms with Crippen molar-refractivity contribution in [2.45, 2.75) is 116 Å². The lowest BCUT2D eigenvalue weighted by Gasteiger charge is -2.25. The third-order valence-electron chi connectivity index (χ3n) is 6.75. The zero-order valence-electron chi connectivity index (χ0n) is 27.1. The summed E-state index contributed by atoms with van der Waals surface area (Å²) in [5.41, 5.74) is 0. The fourth-order valence-electron chi connectivity index (χ4n) is 4.16. The SMILES string of the molecule is CCCCCCCCCCP(=O)(O)OC(COCCCCCCCCCC(=O)OC)COP(=O)(O)OCC[N+](C)(C)C. The van der Waals surface area contributed by atoms with Crippen molar-refractivity contribution in [2.24, 2.45) is 0 Å². The molecule has 0 aliphatic heterocycles. The molecule has 0 aromatic carbocycles. The lowest BCUT2D eigenvalue weighted by molar-refractivity contribution is -0.870. The second-order valence-electron chi connectivity index (χ2n) is 12.1. The van der Waals surface area contributed by atoms with Crippen LogP contribution in [0.3, 0.4) is 0 Å². The second kappa shape index (κ2) is 24.9. The first-order valence-corrected chi connectivity index (χ1v) is 19.1. The minimum absolute atomic E-state index is 0.0227. The Kier molecular flexibility index (Phi) is 24.7. The summed E-state index contributed by atoms with van der Waals surface area (Å²) in [6.45, 7) is 2.73. The largest absolute Gasteiger partial charge is 0.472 e. The minimum atomic E-state index is -4.36. The number of hydrogen-bond acceptors (Lipinski definition) is 8. The summed E-state index contributed by atoms with van der Waals surface area (Å²) in [4.78, 5) is 31.7. The number of carbonyl (C=O) groups is 1. The number of rotatable bonds is 30. The van der Waals surface area contributed by atoms with Crippen molar-refractivity contribution >= 4 is 21.4 Å². The van der Waals surface area contributed by atoms with E-state index in [0.29, 0.717) is 30.5 Å². The summed E-state index contributed by atoms with van der Waals surface area (Å²) in [5, 5.41) is 0.